The zero-order valence-electron chi connectivity index (χ0n) is 9.66. The molecule has 3 nitrogen and oxygen atoms in total. The van der Waals surface area contributed by atoms with E-state index in [0.717, 1.165) is 19.4 Å². The van der Waals surface area contributed by atoms with Gasteiger partial charge in [0.1, 0.15) is 5.69 Å². The van der Waals surface area contributed by atoms with Crippen LogP contribution in [0.25, 0.3) is 0 Å². The molecule has 0 saturated carbocycles. The number of hydrogen-bond acceptors (Lipinski definition) is 1. The van der Waals surface area contributed by atoms with E-state index in [0.29, 0.717) is 22.7 Å². The van der Waals surface area contributed by atoms with E-state index in [1.807, 2.05) is 4.90 Å². The number of hydrogen-bond donors (Lipinski definition) is 1. The Balaban J connectivity index is 2.15. The Kier molecular flexibility index (Phi) is 3.24. The summed E-state index contributed by atoms with van der Waals surface area (Å²) in [7, 11) is 0. The highest BCUT2D eigenvalue weighted by Crippen LogP contribution is 2.25. The fourth-order valence-electron chi connectivity index (χ4n) is 2.38. The van der Waals surface area contributed by atoms with E-state index in [4.69, 9.17) is 11.6 Å². The van der Waals surface area contributed by atoms with Gasteiger partial charge in [0, 0.05) is 18.8 Å². The quantitative estimate of drug-likeness (QED) is 0.848. The van der Waals surface area contributed by atoms with Gasteiger partial charge in [0.2, 0.25) is 0 Å². The molecule has 1 aliphatic heterocycles. The molecule has 1 amide bonds. The van der Waals surface area contributed by atoms with Crippen molar-refractivity contribution in [2.75, 3.05) is 6.54 Å². The van der Waals surface area contributed by atoms with Crippen molar-refractivity contribution >= 4 is 17.5 Å². The van der Waals surface area contributed by atoms with Crippen molar-refractivity contribution in [3.8, 4) is 0 Å². The van der Waals surface area contributed by atoms with Gasteiger partial charge in [-0.05, 0) is 24.8 Å². The van der Waals surface area contributed by atoms with Crippen molar-refractivity contribution in [1.29, 1.82) is 0 Å². The summed E-state index contributed by atoms with van der Waals surface area (Å²) in [4.78, 5) is 17.1. The second kappa shape index (κ2) is 4.50. The lowest BCUT2D eigenvalue weighted by atomic mass is 10.0. The third kappa shape index (κ3) is 2.09. The lowest BCUT2D eigenvalue weighted by molar-refractivity contribution is 0.0696. The molecule has 1 fully saturated rings. The zero-order valence-corrected chi connectivity index (χ0v) is 10.4. The molecule has 16 heavy (non-hydrogen) atoms. The standard InChI is InChI=1S/C12H17ClN2O/c1-8(2)11-4-3-5-15(11)12(16)10-6-9(13)7-14-10/h6-8,11,14H,3-5H2,1-2H3/t11-/m1/s1. The lowest BCUT2D eigenvalue weighted by Gasteiger charge is -2.27. The molecule has 2 rings (SSSR count). The molecule has 1 aromatic rings. The van der Waals surface area contributed by atoms with Crippen LogP contribution in [0.1, 0.15) is 37.2 Å². The highest BCUT2D eigenvalue weighted by Gasteiger charge is 2.31. The van der Waals surface area contributed by atoms with E-state index in [1.165, 1.54) is 0 Å². The van der Waals surface area contributed by atoms with Crippen LogP contribution < -0.4 is 0 Å². The average molecular weight is 241 g/mol. The van der Waals surface area contributed by atoms with Crippen LogP contribution in [0.4, 0.5) is 0 Å². The van der Waals surface area contributed by atoms with Gasteiger partial charge in [0.25, 0.3) is 5.91 Å². The normalized spacial score (nSPS) is 20.8. The second-order valence-corrected chi connectivity index (χ2v) is 5.12. The summed E-state index contributed by atoms with van der Waals surface area (Å²) < 4.78 is 0. The minimum absolute atomic E-state index is 0.0723. The first-order valence-corrected chi connectivity index (χ1v) is 6.12. The highest BCUT2D eigenvalue weighted by atomic mass is 35.5. The predicted octanol–water partition coefficient (Wildman–Crippen LogP) is 2.93. The van der Waals surface area contributed by atoms with Crippen LogP contribution >= 0.6 is 11.6 Å². The Labute approximate surface area is 101 Å². The Morgan fingerprint density at radius 1 is 1.62 bits per heavy atom. The molecule has 0 radical (unpaired) electrons. The third-order valence-electron chi connectivity index (χ3n) is 3.21. The lowest BCUT2D eigenvalue weighted by Crippen LogP contribution is -2.38. The molecule has 1 N–H and O–H groups in total. The Hall–Kier alpha value is -0.960. The topological polar surface area (TPSA) is 36.1 Å². The number of nitrogens with one attached hydrogen (secondary N) is 1. The average Bonchev–Trinajstić information content (AvgIpc) is 2.84. The van der Waals surface area contributed by atoms with Gasteiger partial charge in [-0.3, -0.25) is 4.79 Å². The van der Waals surface area contributed by atoms with Gasteiger partial charge in [0.05, 0.1) is 5.02 Å². The van der Waals surface area contributed by atoms with Crippen LogP contribution in [-0.4, -0.2) is 28.4 Å². The summed E-state index contributed by atoms with van der Waals surface area (Å²) in [5.74, 6) is 0.583. The van der Waals surface area contributed by atoms with Crippen LogP contribution in [0.3, 0.4) is 0 Å². The molecule has 2 heterocycles. The molecule has 1 aliphatic rings. The molecular formula is C12H17ClN2O. The molecule has 0 aromatic carbocycles. The number of aromatic nitrogens is 1. The maximum Gasteiger partial charge on any atom is 0.270 e. The van der Waals surface area contributed by atoms with E-state index in [9.17, 15) is 4.79 Å². The molecular weight excluding hydrogens is 224 g/mol. The fraction of sp³-hybridized carbons (Fsp3) is 0.583. The minimum Gasteiger partial charge on any atom is -0.356 e. The van der Waals surface area contributed by atoms with E-state index in [-0.39, 0.29) is 5.91 Å². The van der Waals surface area contributed by atoms with Gasteiger partial charge in [-0.1, -0.05) is 25.4 Å². The number of carbonyl (C=O) groups excluding carboxylic acids is 1. The monoisotopic (exact) mass is 240 g/mol. The first-order valence-electron chi connectivity index (χ1n) is 5.74. The maximum atomic E-state index is 12.2. The molecule has 88 valence electrons. The number of aromatic amines is 1. The number of rotatable bonds is 2. The minimum atomic E-state index is 0.0723. The van der Waals surface area contributed by atoms with E-state index < -0.39 is 0 Å². The van der Waals surface area contributed by atoms with Crippen LogP contribution in [-0.2, 0) is 0 Å². The summed E-state index contributed by atoms with van der Waals surface area (Å²) in [6.07, 6.45) is 3.86. The molecule has 0 spiro atoms. The largest absolute Gasteiger partial charge is 0.356 e. The van der Waals surface area contributed by atoms with Crippen LogP contribution in [0.15, 0.2) is 12.3 Å². The van der Waals surface area contributed by atoms with Crippen molar-refractivity contribution < 1.29 is 4.79 Å². The number of likely N-dealkylation sites (tertiary alicyclic amines) is 1. The maximum absolute atomic E-state index is 12.2. The van der Waals surface area contributed by atoms with Crippen molar-refractivity contribution in [2.24, 2.45) is 5.92 Å². The second-order valence-electron chi connectivity index (χ2n) is 4.68. The molecule has 1 atom stereocenters. The molecule has 1 saturated heterocycles. The number of nitrogens with zero attached hydrogens (tertiary/aromatic N) is 1. The molecule has 0 unspecified atom stereocenters. The van der Waals surface area contributed by atoms with Crippen molar-refractivity contribution in [1.82, 2.24) is 9.88 Å². The Bertz CT molecular complexity index is 386. The van der Waals surface area contributed by atoms with Crippen molar-refractivity contribution in [3.63, 3.8) is 0 Å². The van der Waals surface area contributed by atoms with E-state index >= 15 is 0 Å². The SMILES string of the molecule is CC(C)[C@H]1CCCN1C(=O)c1cc(Cl)c[nH]1. The summed E-state index contributed by atoms with van der Waals surface area (Å²) in [5.41, 5.74) is 0.595. The van der Waals surface area contributed by atoms with Gasteiger partial charge in [-0.2, -0.15) is 0 Å². The zero-order chi connectivity index (χ0) is 11.7. The summed E-state index contributed by atoms with van der Waals surface area (Å²) >= 11 is 5.81. The molecule has 0 bridgehead atoms. The highest BCUT2D eigenvalue weighted by molar-refractivity contribution is 6.30. The van der Waals surface area contributed by atoms with E-state index in [1.54, 1.807) is 12.3 Å². The van der Waals surface area contributed by atoms with Gasteiger partial charge in [-0.25, -0.2) is 0 Å². The number of amides is 1. The molecule has 4 heteroatoms. The fourth-order valence-corrected chi connectivity index (χ4v) is 2.55. The van der Waals surface area contributed by atoms with Gasteiger partial charge >= 0.3 is 0 Å². The number of carbonyl (C=O) groups is 1. The first-order chi connectivity index (χ1) is 7.59. The smallest absolute Gasteiger partial charge is 0.270 e. The summed E-state index contributed by atoms with van der Waals surface area (Å²) in [6.45, 7) is 5.19. The van der Waals surface area contributed by atoms with Crippen LogP contribution in [0, 0.1) is 5.92 Å². The number of halogens is 1. The molecule has 1 aromatic heterocycles. The van der Waals surface area contributed by atoms with Gasteiger partial charge < -0.3 is 9.88 Å². The summed E-state index contributed by atoms with van der Waals surface area (Å²) in [5, 5.41) is 0.587. The predicted molar refractivity (Wildman–Crippen MR) is 64.7 cm³/mol. The van der Waals surface area contributed by atoms with E-state index in [2.05, 4.69) is 18.8 Å². The Morgan fingerprint density at radius 2 is 2.38 bits per heavy atom. The number of H-pyrrole nitrogens is 1. The van der Waals surface area contributed by atoms with Crippen molar-refractivity contribution in [2.45, 2.75) is 32.7 Å². The van der Waals surface area contributed by atoms with Crippen molar-refractivity contribution in [3.05, 3.63) is 23.0 Å². The first kappa shape index (κ1) is 11.5. The van der Waals surface area contributed by atoms with Crippen LogP contribution in [0.2, 0.25) is 5.02 Å². The van der Waals surface area contributed by atoms with Gasteiger partial charge in [-0.15, -0.1) is 0 Å². The third-order valence-corrected chi connectivity index (χ3v) is 3.43. The Morgan fingerprint density at radius 3 is 2.94 bits per heavy atom. The summed E-state index contributed by atoms with van der Waals surface area (Å²) in [6, 6.07) is 2.06. The van der Waals surface area contributed by atoms with Gasteiger partial charge in [0.15, 0.2) is 0 Å². The van der Waals surface area contributed by atoms with Crippen LogP contribution in [0.5, 0.6) is 0 Å². The molecule has 0 aliphatic carbocycles.